The lowest BCUT2D eigenvalue weighted by Crippen LogP contribution is -2.00. The molecule has 0 saturated heterocycles. The predicted molar refractivity (Wildman–Crippen MR) is 82.4 cm³/mol. The highest BCUT2D eigenvalue weighted by molar-refractivity contribution is 5.56. The molecule has 2 aromatic carbocycles. The summed E-state index contributed by atoms with van der Waals surface area (Å²) >= 11 is 0. The molecule has 0 fully saturated rings. The number of nitro benzene ring substituents is 1. The molecule has 0 unspecified atom stereocenters. The van der Waals surface area contributed by atoms with Gasteiger partial charge in [-0.3, -0.25) is 10.1 Å². The normalized spacial score (nSPS) is 10.6. The number of non-ortho nitro benzene ring substituents is 1. The van der Waals surface area contributed by atoms with Gasteiger partial charge in [-0.05, 0) is 24.6 Å². The van der Waals surface area contributed by atoms with Crippen molar-refractivity contribution in [1.29, 1.82) is 0 Å². The first-order valence-corrected chi connectivity index (χ1v) is 6.81. The Morgan fingerprint density at radius 2 is 1.77 bits per heavy atom. The molecule has 0 aliphatic heterocycles. The van der Waals surface area contributed by atoms with Crippen molar-refractivity contribution < 1.29 is 4.92 Å². The highest BCUT2D eigenvalue weighted by Crippen LogP contribution is 2.19. The minimum Gasteiger partial charge on any atom is -0.258 e. The molecular weight excluding hydrogens is 280 g/mol. The van der Waals surface area contributed by atoms with Crippen LogP contribution in [0.15, 0.2) is 54.9 Å². The van der Waals surface area contributed by atoms with E-state index in [-0.39, 0.29) is 5.69 Å². The van der Waals surface area contributed by atoms with Crippen molar-refractivity contribution in [3.05, 3.63) is 76.1 Å². The average Bonchev–Trinajstić information content (AvgIpc) is 2.98. The molecule has 3 rings (SSSR count). The molecule has 0 atom stereocenters. The van der Waals surface area contributed by atoms with Crippen molar-refractivity contribution >= 4 is 5.69 Å². The third-order valence-corrected chi connectivity index (χ3v) is 3.34. The molecular formula is C16H14N4O2. The first-order chi connectivity index (χ1) is 10.6. The van der Waals surface area contributed by atoms with Crippen molar-refractivity contribution in [3.63, 3.8) is 0 Å². The van der Waals surface area contributed by atoms with Gasteiger partial charge in [-0.25, -0.2) is 9.67 Å². The SMILES string of the molecule is Cc1ccc(Cn2cnc(-c3ccc([N+](=O)[O-])cc3)n2)cc1. The Bertz CT molecular complexity index is 792. The van der Waals surface area contributed by atoms with Gasteiger partial charge in [0.05, 0.1) is 11.5 Å². The van der Waals surface area contributed by atoms with E-state index in [0.29, 0.717) is 12.4 Å². The fourth-order valence-corrected chi connectivity index (χ4v) is 2.12. The highest BCUT2D eigenvalue weighted by atomic mass is 16.6. The summed E-state index contributed by atoms with van der Waals surface area (Å²) in [6.45, 7) is 2.69. The smallest absolute Gasteiger partial charge is 0.258 e. The van der Waals surface area contributed by atoms with E-state index in [1.54, 1.807) is 23.1 Å². The second-order valence-electron chi connectivity index (χ2n) is 5.06. The lowest BCUT2D eigenvalue weighted by atomic mass is 10.1. The summed E-state index contributed by atoms with van der Waals surface area (Å²) in [5.74, 6) is 0.557. The fraction of sp³-hybridized carbons (Fsp3) is 0.125. The summed E-state index contributed by atoms with van der Waals surface area (Å²) < 4.78 is 1.75. The van der Waals surface area contributed by atoms with Crippen LogP contribution in [0.1, 0.15) is 11.1 Å². The molecule has 0 spiro atoms. The molecule has 110 valence electrons. The summed E-state index contributed by atoms with van der Waals surface area (Å²) in [6.07, 6.45) is 1.66. The zero-order valence-electron chi connectivity index (χ0n) is 12.0. The molecule has 0 saturated carbocycles. The Balaban J connectivity index is 1.78. The van der Waals surface area contributed by atoms with E-state index >= 15 is 0 Å². The first-order valence-electron chi connectivity index (χ1n) is 6.81. The standard InChI is InChI=1S/C16H14N4O2/c1-12-2-4-13(5-3-12)10-19-11-17-16(18-19)14-6-8-15(9-7-14)20(21)22/h2-9,11H,10H2,1H3. The van der Waals surface area contributed by atoms with E-state index in [9.17, 15) is 10.1 Å². The van der Waals surface area contributed by atoms with Gasteiger partial charge in [0, 0.05) is 17.7 Å². The maximum Gasteiger partial charge on any atom is 0.269 e. The molecule has 0 amide bonds. The summed E-state index contributed by atoms with van der Waals surface area (Å²) in [5, 5.41) is 15.1. The van der Waals surface area contributed by atoms with Crippen LogP contribution in [0, 0.1) is 17.0 Å². The van der Waals surface area contributed by atoms with Crippen molar-refractivity contribution in [2.75, 3.05) is 0 Å². The number of benzene rings is 2. The number of rotatable bonds is 4. The van der Waals surface area contributed by atoms with Crippen molar-refractivity contribution in [3.8, 4) is 11.4 Å². The Morgan fingerprint density at radius 1 is 1.09 bits per heavy atom. The first kappa shape index (κ1) is 13.9. The number of nitro groups is 1. The monoisotopic (exact) mass is 294 g/mol. The fourth-order valence-electron chi connectivity index (χ4n) is 2.12. The molecule has 0 aliphatic rings. The van der Waals surface area contributed by atoms with Crippen LogP contribution in [0.2, 0.25) is 0 Å². The van der Waals surface area contributed by atoms with Crippen molar-refractivity contribution in [1.82, 2.24) is 14.8 Å². The lowest BCUT2D eigenvalue weighted by Gasteiger charge is -2.01. The zero-order chi connectivity index (χ0) is 15.5. The molecule has 0 aliphatic carbocycles. The van der Waals surface area contributed by atoms with Crippen LogP contribution in [0.25, 0.3) is 11.4 Å². The van der Waals surface area contributed by atoms with Crippen LogP contribution in [0.5, 0.6) is 0 Å². The summed E-state index contributed by atoms with van der Waals surface area (Å²) in [7, 11) is 0. The number of aryl methyl sites for hydroxylation is 1. The minimum atomic E-state index is -0.423. The van der Waals surface area contributed by atoms with Gasteiger partial charge in [0.25, 0.3) is 5.69 Å². The maximum atomic E-state index is 10.7. The second kappa shape index (κ2) is 5.77. The quantitative estimate of drug-likeness (QED) is 0.547. The van der Waals surface area contributed by atoms with E-state index in [1.165, 1.54) is 17.7 Å². The number of aromatic nitrogens is 3. The zero-order valence-corrected chi connectivity index (χ0v) is 12.0. The van der Waals surface area contributed by atoms with E-state index in [4.69, 9.17) is 0 Å². The van der Waals surface area contributed by atoms with Gasteiger partial charge in [-0.1, -0.05) is 29.8 Å². The Hall–Kier alpha value is -3.02. The third-order valence-electron chi connectivity index (χ3n) is 3.34. The van der Waals surface area contributed by atoms with Gasteiger partial charge in [0.2, 0.25) is 0 Å². The van der Waals surface area contributed by atoms with E-state index in [2.05, 4.69) is 34.3 Å². The summed E-state index contributed by atoms with van der Waals surface area (Å²) in [5.41, 5.74) is 3.18. The molecule has 6 heteroatoms. The van der Waals surface area contributed by atoms with Crippen LogP contribution in [-0.2, 0) is 6.54 Å². The van der Waals surface area contributed by atoms with Crippen molar-refractivity contribution in [2.24, 2.45) is 0 Å². The topological polar surface area (TPSA) is 73.8 Å². The van der Waals surface area contributed by atoms with Gasteiger partial charge >= 0.3 is 0 Å². The molecule has 1 heterocycles. The summed E-state index contributed by atoms with van der Waals surface area (Å²) in [6, 6.07) is 14.5. The molecule has 0 N–H and O–H groups in total. The third kappa shape index (κ3) is 3.01. The molecule has 3 aromatic rings. The average molecular weight is 294 g/mol. The van der Waals surface area contributed by atoms with Crippen LogP contribution in [0.4, 0.5) is 5.69 Å². The number of hydrogen-bond acceptors (Lipinski definition) is 4. The summed E-state index contributed by atoms with van der Waals surface area (Å²) in [4.78, 5) is 14.5. The molecule has 0 radical (unpaired) electrons. The van der Waals surface area contributed by atoms with Crippen molar-refractivity contribution in [2.45, 2.75) is 13.5 Å². The molecule has 1 aromatic heterocycles. The Labute approximate surface area is 127 Å². The number of nitrogens with zero attached hydrogens (tertiary/aromatic N) is 4. The van der Waals surface area contributed by atoms with Crippen LogP contribution >= 0.6 is 0 Å². The van der Waals surface area contributed by atoms with Gasteiger partial charge in [-0.2, -0.15) is 5.10 Å². The maximum absolute atomic E-state index is 10.7. The molecule has 0 bridgehead atoms. The van der Waals surface area contributed by atoms with Gasteiger partial charge in [0.15, 0.2) is 5.82 Å². The molecule has 6 nitrogen and oxygen atoms in total. The van der Waals surface area contributed by atoms with Crippen LogP contribution in [-0.4, -0.2) is 19.7 Å². The predicted octanol–water partition coefficient (Wildman–Crippen LogP) is 3.21. The van der Waals surface area contributed by atoms with E-state index < -0.39 is 4.92 Å². The molecule has 22 heavy (non-hydrogen) atoms. The van der Waals surface area contributed by atoms with E-state index in [0.717, 1.165) is 11.1 Å². The van der Waals surface area contributed by atoms with Gasteiger partial charge in [0.1, 0.15) is 6.33 Å². The Kier molecular flexibility index (Phi) is 3.65. The van der Waals surface area contributed by atoms with Gasteiger partial charge in [-0.15, -0.1) is 0 Å². The van der Waals surface area contributed by atoms with Gasteiger partial charge < -0.3 is 0 Å². The van der Waals surface area contributed by atoms with E-state index in [1.807, 2.05) is 6.92 Å². The minimum absolute atomic E-state index is 0.0582. The lowest BCUT2D eigenvalue weighted by molar-refractivity contribution is -0.384. The van der Waals surface area contributed by atoms with Crippen LogP contribution in [0.3, 0.4) is 0 Å². The Morgan fingerprint density at radius 3 is 2.41 bits per heavy atom. The highest BCUT2D eigenvalue weighted by Gasteiger charge is 2.08. The second-order valence-corrected chi connectivity index (χ2v) is 5.06. The largest absolute Gasteiger partial charge is 0.269 e. The van der Waals surface area contributed by atoms with Crippen LogP contribution < -0.4 is 0 Å². The number of hydrogen-bond donors (Lipinski definition) is 0.